The van der Waals surface area contributed by atoms with Crippen LogP contribution in [0.5, 0.6) is 0 Å². The number of carboxylic acids is 2. The Hall–Kier alpha value is -4.05. The van der Waals surface area contributed by atoms with E-state index in [9.17, 15) is 27.9 Å². The van der Waals surface area contributed by atoms with Crippen molar-refractivity contribution in [2.45, 2.75) is 25.4 Å². The maximum absolute atomic E-state index is 12.5. The zero-order valence-electron chi connectivity index (χ0n) is 20.1. The van der Waals surface area contributed by atoms with Crippen molar-refractivity contribution in [3.63, 3.8) is 0 Å². The lowest BCUT2D eigenvalue weighted by Crippen LogP contribution is -2.21. The number of aryl methyl sites for hydroxylation is 1. The largest absolute Gasteiger partial charge is 0.490 e. The molecule has 1 aliphatic heterocycles. The fourth-order valence-electron chi connectivity index (χ4n) is 4.00. The molecule has 11 heteroatoms. The van der Waals surface area contributed by atoms with Gasteiger partial charge in [0.05, 0.1) is 11.3 Å². The van der Waals surface area contributed by atoms with E-state index in [1.54, 1.807) is 36.4 Å². The maximum Gasteiger partial charge on any atom is 0.490 e. The molecule has 0 bridgehead atoms. The molecule has 3 aromatic rings. The van der Waals surface area contributed by atoms with Crippen LogP contribution in [0.4, 0.5) is 24.5 Å². The number of anilines is 2. The molecule has 1 fully saturated rings. The molecule has 3 N–H and O–H groups in total. The van der Waals surface area contributed by atoms with Crippen molar-refractivity contribution in [3.05, 3.63) is 94.0 Å². The second-order valence-electron chi connectivity index (χ2n) is 8.64. The summed E-state index contributed by atoms with van der Waals surface area (Å²) in [7, 11) is 0. The van der Waals surface area contributed by atoms with Crippen LogP contribution in [0.3, 0.4) is 0 Å². The van der Waals surface area contributed by atoms with Crippen molar-refractivity contribution in [1.29, 1.82) is 0 Å². The Labute approximate surface area is 221 Å². The first-order valence-corrected chi connectivity index (χ1v) is 11.8. The van der Waals surface area contributed by atoms with Crippen molar-refractivity contribution < 1.29 is 37.8 Å². The van der Waals surface area contributed by atoms with Crippen molar-refractivity contribution in [2.75, 3.05) is 23.3 Å². The van der Waals surface area contributed by atoms with Crippen LogP contribution in [0.25, 0.3) is 0 Å². The Morgan fingerprint density at radius 2 is 1.66 bits per heavy atom. The number of carboxylic acid groups (broad SMARTS) is 2. The van der Waals surface area contributed by atoms with Gasteiger partial charge in [-0.25, -0.2) is 9.59 Å². The zero-order valence-corrected chi connectivity index (χ0v) is 20.9. The molecule has 1 saturated heterocycles. The number of carbonyl (C=O) groups excluding carboxylic acids is 1. The van der Waals surface area contributed by atoms with E-state index in [0.29, 0.717) is 16.5 Å². The van der Waals surface area contributed by atoms with Gasteiger partial charge < -0.3 is 20.4 Å². The first-order valence-electron chi connectivity index (χ1n) is 11.4. The van der Waals surface area contributed by atoms with Gasteiger partial charge in [0.25, 0.3) is 5.91 Å². The molecule has 0 aliphatic carbocycles. The monoisotopic (exact) mass is 548 g/mol. The fourth-order valence-corrected chi connectivity index (χ4v) is 4.13. The number of aliphatic carboxylic acids is 1. The fraction of sp³-hybridized carbons (Fsp3) is 0.222. The molecule has 0 spiro atoms. The number of hydrogen-bond acceptors (Lipinski definition) is 4. The average molecular weight is 549 g/mol. The Bertz CT molecular complexity index is 1330. The summed E-state index contributed by atoms with van der Waals surface area (Å²) in [4.78, 5) is 35.5. The van der Waals surface area contributed by atoms with E-state index in [1.807, 2.05) is 6.07 Å². The van der Waals surface area contributed by atoms with E-state index in [1.165, 1.54) is 11.1 Å². The summed E-state index contributed by atoms with van der Waals surface area (Å²) in [5, 5.41) is 20.1. The highest BCUT2D eigenvalue weighted by molar-refractivity contribution is 6.30. The molecule has 0 aromatic heterocycles. The number of nitrogens with one attached hydrogen (secondary N) is 1. The quantitative estimate of drug-likeness (QED) is 0.349. The minimum atomic E-state index is -5.08. The molecule has 1 aliphatic rings. The number of carbonyl (C=O) groups is 3. The highest BCUT2D eigenvalue weighted by Crippen LogP contribution is 2.33. The summed E-state index contributed by atoms with van der Waals surface area (Å²) in [6.07, 6.45) is -4.07. The average Bonchev–Trinajstić information content (AvgIpc) is 3.35. The van der Waals surface area contributed by atoms with Crippen molar-refractivity contribution in [3.8, 4) is 0 Å². The Morgan fingerprint density at radius 3 is 2.24 bits per heavy atom. The van der Waals surface area contributed by atoms with Crippen LogP contribution in [0.15, 0.2) is 66.7 Å². The molecule has 0 radical (unpaired) electrons. The lowest BCUT2D eigenvalue weighted by atomic mass is 9.97. The zero-order chi connectivity index (χ0) is 28.0. The second kappa shape index (κ2) is 12.0. The van der Waals surface area contributed by atoms with E-state index >= 15 is 0 Å². The smallest absolute Gasteiger partial charge is 0.478 e. The summed E-state index contributed by atoms with van der Waals surface area (Å²) in [6, 6.07) is 20.1. The number of halogens is 4. The van der Waals surface area contributed by atoms with Gasteiger partial charge in [0.15, 0.2) is 0 Å². The SMILES string of the molecule is Cc1cccc(C2CCN(c3ccc(NC(=O)c4ccc(Cl)cc4)c(C(=O)O)c3)C2)c1.O=C(O)C(F)(F)F. The van der Waals surface area contributed by atoms with Crippen LogP contribution in [-0.2, 0) is 4.79 Å². The van der Waals surface area contributed by atoms with Crippen LogP contribution in [0, 0.1) is 6.92 Å². The molecule has 1 amide bonds. The Morgan fingerprint density at radius 1 is 1.00 bits per heavy atom. The highest BCUT2D eigenvalue weighted by atomic mass is 35.5. The van der Waals surface area contributed by atoms with Crippen LogP contribution in [-0.4, -0.2) is 47.3 Å². The lowest BCUT2D eigenvalue weighted by Gasteiger charge is -2.20. The summed E-state index contributed by atoms with van der Waals surface area (Å²) < 4.78 is 31.7. The molecule has 1 heterocycles. The topological polar surface area (TPSA) is 107 Å². The van der Waals surface area contributed by atoms with Crippen molar-refractivity contribution in [1.82, 2.24) is 0 Å². The number of nitrogens with zero attached hydrogens (tertiary/aromatic N) is 1. The standard InChI is InChI=1S/C25H23ClN2O3.C2HF3O2/c1-16-3-2-4-18(13-16)19-11-12-28(15-19)21-9-10-23(22(14-21)25(30)31)27-24(29)17-5-7-20(26)8-6-17;3-2(4,5)1(6)7/h2-10,13-14,19H,11-12,15H2,1H3,(H,27,29)(H,30,31);(H,6,7). The normalized spacial score (nSPS) is 14.9. The van der Waals surface area contributed by atoms with E-state index in [2.05, 4.69) is 41.4 Å². The van der Waals surface area contributed by atoms with Crippen molar-refractivity contribution >= 4 is 40.8 Å². The number of hydrogen-bond donors (Lipinski definition) is 3. The first kappa shape index (κ1) is 28.5. The summed E-state index contributed by atoms with van der Waals surface area (Å²) in [5.41, 5.74) is 4.14. The molecule has 4 rings (SSSR count). The highest BCUT2D eigenvalue weighted by Gasteiger charge is 2.38. The first-order chi connectivity index (χ1) is 17.8. The third kappa shape index (κ3) is 7.48. The minimum Gasteiger partial charge on any atom is -0.478 e. The third-order valence-corrected chi connectivity index (χ3v) is 6.15. The van der Waals surface area contributed by atoms with Crippen molar-refractivity contribution in [2.24, 2.45) is 0 Å². The summed E-state index contributed by atoms with van der Waals surface area (Å²) in [5.74, 6) is -3.81. The molecule has 38 heavy (non-hydrogen) atoms. The molecular formula is C27H24ClF3N2O5. The molecule has 7 nitrogen and oxygen atoms in total. The van der Waals surface area contributed by atoms with E-state index < -0.39 is 18.1 Å². The molecule has 1 unspecified atom stereocenters. The molecule has 1 atom stereocenters. The van der Waals surface area contributed by atoms with Crippen LogP contribution >= 0.6 is 11.6 Å². The van der Waals surface area contributed by atoms with Gasteiger partial charge in [-0.2, -0.15) is 13.2 Å². The summed E-state index contributed by atoms with van der Waals surface area (Å²) in [6.45, 7) is 3.78. The number of benzene rings is 3. The van der Waals surface area contributed by atoms with Crippen LogP contribution in [0.2, 0.25) is 5.02 Å². The second-order valence-corrected chi connectivity index (χ2v) is 9.08. The van der Waals surface area contributed by atoms with Gasteiger partial charge >= 0.3 is 18.1 Å². The van der Waals surface area contributed by atoms with Gasteiger partial charge in [-0.3, -0.25) is 4.79 Å². The van der Waals surface area contributed by atoms with Gasteiger partial charge in [-0.05, 0) is 61.4 Å². The Balaban J connectivity index is 0.000000505. The maximum atomic E-state index is 12.5. The van der Waals surface area contributed by atoms with Gasteiger partial charge in [-0.1, -0.05) is 41.4 Å². The number of rotatable bonds is 5. The van der Waals surface area contributed by atoms with E-state index in [4.69, 9.17) is 21.5 Å². The van der Waals surface area contributed by atoms with E-state index in [0.717, 1.165) is 25.2 Å². The minimum absolute atomic E-state index is 0.0684. The molecule has 200 valence electrons. The molecule has 0 saturated carbocycles. The van der Waals surface area contributed by atoms with Crippen LogP contribution < -0.4 is 10.2 Å². The van der Waals surface area contributed by atoms with E-state index in [-0.39, 0.29) is 17.2 Å². The molecule has 3 aromatic carbocycles. The Kier molecular flexibility index (Phi) is 9.00. The predicted molar refractivity (Wildman–Crippen MR) is 137 cm³/mol. The van der Waals surface area contributed by atoms with Gasteiger partial charge in [0, 0.05) is 35.3 Å². The molecular weight excluding hydrogens is 525 g/mol. The lowest BCUT2D eigenvalue weighted by molar-refractivity contribution is -0.192. The summed E-state index contributed by atoms with van der Waals surface area (Å²) >= 11 is 5.87. The number of aromatic carboxylic acids is 1. The van der Waals surface area contributed by atoms with Gasteiger partial charge in [0.2, 0.25) is 0 Å². The number of amides is 1. The third-order valence-electron chi connectivity index (χ3n) is 5.90. The van der Waals surface area contributed by atoms with Gasteiger partial charge in [-0.15, -0.1) is 0 Å². The van der Waals surface area contributed by atoms with Crippen LogP contribution in [0.1, 0.15) is 44.2 Å². The van der Waals surface area contributed by atoms with Gasteiger partial charge in [0.1, 0.15) is 0 Å². The number of alkyl halides is 3. The predicted octanol–water partition coefficient (Wildman–Crippen LogP) is 6.23.